The minimum Gasteiger partial charge on any atom is -0.366 e. The zero-order valence-electron chi connectivity index (χ0n) is 6.74. The van der Waals surface area contributed by atoms with Gasteiger partial charge in [-0.25, -0.2) is 0 Å². The fourth-order valence-electron chi connectivity index (χ4n) is 1.19. The molecule has 4 nitrogen and oxygen atoms in total. The van der Waals surface area contributed by atoms with Crippen LogP contribution in [-0.2, 0) is 0 Å². The van der Waals surface area contributed by atoms with Crippen LogP contribution in [0.4, 0.5) is 0 Å². The van der Waals surface area contributed by atoms with Crippen molar-refractivity contribution in [3.8, 4) is 0 Å². The summed E-state index contributed by atoms with van der Waals surface area (Å²) < 4.78 is 0. The molecule has 2 radical (unpaired) electrons. The van der Waals surface area contributed by atoms with E-state index in [1.807, 2.05) is 0 Å². The molecule has 0 saturated carbocycles. The number of hydrogen-bond donors (Lipinski definition) is 2. The van der Waals surface area contributed by atoms with Gasteiger partial charge in [0, 0.05) is 10.9 Å². The summed E-state index contributed by atoms with van der Waals surface area (Å²) in [6, 6.07) is 4.94. The molecule has 2 aromatic rings. The van der Waals surface area contributed by atoms with Crippen LogP contribution in [0, 0.1) is 0 Å². The van der Waals surface area contributed by atoms with Crippen LogP contribution in [0.15, 0.2) is 18.2 Å². The smallest absolute Gasteiger partial charge is 0.248 e. The van der Waals surface area contributed by atoms with E-state index in [9.17, 15) is 4.79 Å². The lowest BCUT2D eigenvalue weighted by Gasteiger charge is -1.94. The number of aromatic amines is 1. The molecule has 0 spiro atoms. The van der Waals surface area contributed by atoms with Gasteiger partial charge in [0.15, 0.2) is 0 Å². The van der Waals surface area contributed by atoms with E-state index in [0.717, 1.165) is 5.39 Å². The number of nitrogens with one attached hydrogen (secondary N) is 1. The lowest BCUT2D eigenvalue weighted by molar-refractivity contribution is 0.100. The first-order valence-corrected chi connectivity index (χ1v) is 3.72. The molecule has 1 aromatic carbocycles. The fourth-order valence-corrected chi connectivity index (χ4v) is 1.19. The number of carbonyl (C=O) groups is 1. The van der Waals surface area contributed by atoms with E-state index in [1.54, 1.807) is 18.2 Å². The average Bonchev–Trinajstić information content (AvgIpc) is 2.47. The molecule has 0 aliphatic rings. The average molecular weight is 171 g/mol. The Hall–Kier alpha value is -1.78. The highest BCUT2D eigenvalue weighted by Gasteiger charge is 2.04. The number of benzene rings is 1. The lowest BCUT2D eigenvalue weighted by Crippen LogP contribution is -2.10. The Kier molecular flexibility index (Phi) is 1.58. The van der Waals surface area contributed by atoms with E-state index >= 15 is 0 Å². The van der Waals surface area contributed by atoms with Crippen LogP contribution in [-0.4, -0.2) is 24.0 Å². The highest BCUT2D eigenvalue weighted by molar-refractivity contribution is 6.37. The maximum Gasteiger partial charge on any atom is 0.248 e. The summed E-state index contributed by atoms with van der Waals surface area (Å²) in [7, 11) is 5.57. The van der Waals surface area contributed by atoms with Gasteiger partial charge in [-0.05, 0) is 17.7 Å². The van der Waals surface area contributed by atoms with Crippen molar-refractivity contribution in [1.82, 2.24) is 10.2 Å². The number of hydrogen-bond acceptors (Lipinski definition) is 2. The maximum atomic E-state index is 10.8. The molecule has 0 aliphatic heterocycles. The quantitative estimate of drug-likeness (QED) is 0.565. The zero-order valence-corrected chi connectivity index (χ0v) is 6.74. The second-order valence-corrected chi connectivity index (χ2v) is 2.73. The molecule has 0 fully saturated rings. The Morgan fingerprint density at radius 1 is 1.54 bits per heavy atom. The maximum absolute atomic E-state index is 10.8. The van der Waals surface area contributed by atoms with E-state index in [2.05, 4.69) is 10.2 Å². The Labute approximate surface area is 75.5 Å². The summed E-state index contributed by atoms with van der Waals surface area (Å²) in [4.78, 5) is 10.8. The number of nitrogens with zero attached hydrogens (tertiary/aromatic N) is 1. The minimum absolute atomic E-state index is 0.430. The van der Waals surface area contributed by atoms with Crippen LogP contribution in [0.25, 0.3) is 10.9 Å². The highest BCUT2D eigenvalue weighted by atomic mass is 16.1. The second kappa shape index (κ2) is 2.62. The largest absolute Gasteiger partial charge is 0.366 e. The van der Waals surface area contributed by atoms with E-state index in [-0.39, 0.29) is 0 Å². The number of nitrogens with two attached hydrogens (primary N) is 1. The van der Waals surface area contributed by atoms with Crippen molar-refractivity contribution in [2.45, 2.75) is 0 Å². The number of carbonyl (C=O) groups excluding carboxylic acids is 1. The first kappa shape index (κ1) is 7.85. The van der Waals surface area contributed by atoms with Gasteiger partial charge in [-0.15, -0.1) is 0 Å². The SMILES string of the molecule is [B]c1[nH]nc2cc(C(N)=O)ccc12. The highest BCUT2D eigenvalue weighted by Crippen LogP contribution is 2.10. The second-order valence-electron chi connectivity index (χ2n) is 2.73. The van der Waals surface area contributed by atoms with Crippen LogP contribution in [0.2, 0.25) is 0 Å². The van der Waals surface area contributed by atoms with Gasteiger partial charge in [0.25, 0.3) is 0 Å². The standard InChI is InChI=1S/C8H6BN3O/c9-7-5-2-1-4(8(10)13)3-6(5)11-12-7/h1-3H,(H2,10,13)(H,11,12). The first-order valence-electron chi connectivity index (χ1n) is 3.72. The van der Waals surface area contributed by atoms with Crippen LogP contribution in [0.1, 0.15) is 10.4 Å². The van der Waals surface area contributed by atoms with Gasteiger partial charge in [0.1, 0.15) is 7.85 Å². The minimum atomic E-state index is -0.469. The third-order valence-electron chi connectivity index (χ3n) is 1.87. The van der Waals surface area contributed by atoms with Gasteiger partial charge in [-0.1, -0.05) is 6.07 Å². The molecule has 0 aliphatic carbocycles. The summed E-state index contributed by atoms with van der Waals surface area (Å²) in [5.41, 5.74) is 6.67. The van der Waals surface area contributed by atoms with Crippen LogP contribution >= 0.6 is 0 Å². The monoisotopic (exact) mass is 171 g/mol. The van der Waals surface area contributed by atoms with E-state index in [0.29, 0.717) is 16.7 Å². The molecule has 0 bridgehead atoms. The fraction of sp³-hybridized carbons (Fsp3) is 0. The van der Waals surface area contributed by atoms with Crippen molar-refractivity contribution in [3.05, 3.63) is 23.8 Å². The van der Waals surface area contributed by atoms with Crippen molar-refractivity contribution >= 4 is 30.2 Å². The summed E-state index contributed by atoms with van der Waals surface area (Å²) in [6.45, 7) is 0. The number of aromatic nitrogens is 2. The van der Waals surface area contributed by atoms with E-state index in [1.165, 1.54) is 0 Å². The number of primary amides is 1. The molecule has 13 heavy (non-hydrogen) atoms. The molecule has 1 aromatic heterocycles. The molecular weight excluding hydrogens is 165 g/mol. The Morgan fingerprint density at radius 3 is 3.00 bits per heavy atom. The molecule has 5 heteroatoms. The van der Waals surface area contributed by atoms with Crippen molar-refractivity contribution in [2.75, 3.05) is 0 Å². The summed E-state index contributed by atoms with van der Waals surface area (Å²) in [5, 5.41) is 7.32. The zero-order chi connectivity index (χ0) is 9.42. The molecule has 3 N–H and O–H groups in total. The summed E-state index contributed by atoms with van der Waals surface area (Å²) in [6.07, 6.45) is 0. The summed E-state index contributed by atoms with van der Waals surface area (Å²) >= 11 is 0. The molecule has 0 atom stereocenters. The van der Waals surface area contributed by atoms with Gasteiger partial charge in [-0.2, -0.15) is 5.10 Å². The number of H-pyrrole nitrogens is 1. The van der Waals surface area contributed by atoms with E-state index in [4.69, 9.17) is 13.6 Å². The van der Waals surface area contributed by atoms with Gasteiger partial charge in [0.05, 0.1) is 5.52 Å². The van der Waals surface area contributed by atoms with Gasteiger partial charge >= 0.3 is 0 Å². The molecule has 62 valence electrons. The molecule has 0 unspecified atom stereocenters. The first-order chi connectivity index (χ1) is 6.18. The van der Waals surface area contributed by atoms with Crippen LogP contribution < -0.4 is 11.3 Å². The van der Waals surface area contributed by atoms with Crippen molar-refractivity contribution in [2.24, 2.45) is 5.73 Å². The number of amides is 1. The molecule has 2 rings (SSSR count). The summed E-state index contributed by atoms with van der Waals surface area (Å²) in [5.74, 6) is -0.469. The molecule has 1 amide bonds. The van der Waals surface area contributed by atoms with Crippen molar-refractivity contribution in [1.29, 1.82) is 0 Å². The van der Waals surface area contributed by atoms with Crippen molar-refractivity contribution in [3.63, 3.8) is 0 Å². The van der Waals surface area contributed by atoms with Crippen molar-refractivity contribution < 1.29 is 4.79 Å². The molecule has 1 heterocycles. The molecular formula is C8H6BN3O. The predicted octanol–water partition coefficient (Wildman–Crippen LogP) is -0.544. The Balaban J connectivity index is 2.70. The van der Waals surface area contributed by atoms with Crippen LogP contribution in [0.3, 0.4) is 0 Å². The third kappa shape index (κ3) is 1.18. The normalized spacial score (nSPS) is 10.5. The van der Waals surface area contributed by atoms with Gasteiger partial charge in [-0.3, -0.25) is 9.89 Å². The number of rotatable bonds is 1. The van der Waals surface area contributed by atoms with Crippen LogP contribution in [0.5, 0.6) is 0 Å². The van der Waals surface area contributed by atoms with Gasteiger partial charge < -0.3 is 5.73 Å². The number of fused-ring (bicyclic) bond motifs is 1. The topological polar surface area (TPSA) is 71.8 Å². The third-order valence-corrected chi connectivity index (χ3v) is 1.87. The Bertz CT molecular complexity index is 477. The Morgan fingerprint density at radius 2 is 2.31 bits per heavy atom. The van der Waals surface area contributed by atoms with Gasteiger partial charge in [0.2, 0.25) is 5.91 Å². The lowest BCUT2D eigenvalue weighted by atomic mass is 9.99. The van der Waals surface area contributed by atoms with E-state index < -0.39 is 5.91 Å². The predicted molar refractivity (Wildman–Crippen MR) is 50.0 cm³/mol. The molecule has 0 saturated heterocycles.